The van der Waals surface area contributed by atoms with Gasteiger partial charge in [-0.3, -0.25) is 0 Å². The Morgan fingerprint density at radius 2 is 1.95 bits per heavy atom. The van der Waals surface area contributed by atoms with Gasteiger partial charge in [-0.25, -0.2) is 4.79 Å². The lowest BCUT2D eigenvalue weighted by Gasteiger charge is -2.33. The van der Waals surface area contributed by atoms with Crippen LogP contribution < -0.4 is 5.32 Å². The van der Waals surface area contributed by atoms with Gasteiger partial charge in [0.1, 0.15) is 0 Å². The van der Waals surface area contributed by atoms with Crippen molar-refractivity contribution >= 4 is 23.3 Å². The Hall–Kier alpha value is -1.94. The molecule has 3 rings (SSSR count). The third kappa shape index (κ3) is 3.83. The Morgan fingerprint density at radius 3 is 2.68 bits per heavy atom. The van der Waals surface area contributed by atoms with Crippen LogP contribution in [0.4, 0.5) is 10.5 Å². The monoisotopic (exact) mass is 317 g/mol. The van der Waals surface area contributed by atoms with E-state index in [1.807, 2.05) is 29.2 Å². The van der Waals surface area contributed by atoms with Gasteiger partial charge in [-0.15, -0.1) is 0 Å². The number of hydrogen-bond acceptors (Lipinski definition) is 1. The summed E-state index contributed by atoms with van der Waals surface area (Å²) in [7, 11) is 0. The molecule has 1 atom stereocenters. The van der Waals surface area contributed by atoms with Crippen LogP contribution in [0.25, 0.3) is 0 Å². The van der Waals surface area contributed by atoms with E-state index in [0.717, 1.165) is 31.7 Å². The van der Waals surface area contributed by atoms with Gasteiger partial charge in [0.15, 0.2) is 0 Å². The highest BCUT2D eigenvalue weighted by Gasteiger charge is 2.23. The van der Waals surface area contributed by atoms with Crippen molar-refractivity contribution in [1.82, 2.24) is 9.47 Å². The Kier molecular flexibility index (Phi) is 4.68. The van der Waals surface area contributed by atoms with Gasteiger partial charge in [0.25, 0.3) is 0 Å². The number of rotatable bonds is 3. The highest BCUT2D eigenvalue weighted by molar-refractivity contribution is 6.30. The quantitative estimate of drug-likeness (QED) is 0.909. The molecular formula is C17H20ClN3O. The third-order valence-electron chi connectivity index (χ3n) is 4.04. The first-order valence-electron chi connectivity index (χ1n) is 7.63. The summed E-state index contributed by atoms with van der Waals surface area (Å²) in [5.74, 6) is 0.511. The first-order valence-corrected chi connectivity index (χ1v) is 8.01. The molecule has 0 spiro atoms. The number of anilines is 1. The number of nitrogens with zero attached hydrogens (tertiary/aromatic N) is 2. The van der Waals surface area contributed by atoms with Crippen LogP contribution in [0.2, 0.25) is 5.02 Å². The van der Waals surface area contributed by atoms with Crippen LogP contribution in [-0.2, 0) is 6.54 Å². The van der Waals surface area contributed by atoms with Crippen molar-refractivity contribution < 1.29 is 4.79 Å². The lowest BCUT2D eigenvalue weighted by Crippen LogP contribution is -2.43. The molecule has 0 saturated carbocycles. The van der Waals surface area contributed by atoms with E-state index in [0.29, 0.717) is 10.9 Å². The molecule has 1 aromatic carbocycles. The summed E-state index contributed by atoms with van der Waals surface area (Å²) in [4.78, 5) is 14.3. The summed E-state index contributed by atoms with van der Waals surface area (Å²) < 4.78 is 2.19. The SMILES string of the molecule is O=C(Nc1ccc(Cl)cc1)N1CCC[C@H](Cn2cccc2)C1. The Morgan fingerprint density at radius 1 is 1.23 bits per heavy atom. The zero-order valence-electron chi connectivity index (χ0n) is 12.4. The van der Waals surface area contributed by atoms with Crippen LogP contribution in [0.1, 0.15) is 12.8 Å². The highest BCUT2D eigenvalue weighted by Crippen LogP contribution is 2.20. The Labute approximate surface area is 135 Å². The normalized spacial score (nSPS) is 18.2. The van der Waals surface area contributed by atoms with Crippen LogP contribution in [0.3, 0.4) is 0 Å². The van der Waals surface area contributed by atoms with Crippen molar-refractivity contribution in [2.75, 3.05) is 18.4 Å². The van der Waals surface area contributed by atoms with Gasteiger partial charge in [-0.1, -0.05) is 11.6 Å². The van der Waals surface area contributed by atoms with Crippen LogP contribution in [0, 0.1) is 5.92 Å². The number of likely N-dealkylation sites (tertiary alicyclic amines) is 1. The fraction of sp³-hybridized carbons (Fsp3) is 0.353. The molecule has 22 heavy (non-hydrogen) atoms. The Balaban J connectivity index is 1.56. The highest BCUT2D eigenvalue weighted by atomic mass is 35.5. The molecule has 4 nitrogen and oxygen atoms in total. The number of hydrogen-bond donors (Lipinski definition) is 1. The summed E-state index contributed by atoms with van der Waals surface area (Å²) in [6.07, 6.45) is 6.38. The number of urea groups is 1. The lowest BCUT2D eigenvalue weighted by molar-refractivity contribution is 0.170. The number of benzene rings is 1. The minimum absolute atomic E-state index is 0.0282. The third-order valence-corrected chi connectivity index (χ3v) is 4.29. The van der Waals surface area contributed by atoms with Crippen LogP contribution in [-0.4, -0.2) is 28.6 Å². The molecule has 5 heteroatoms. The number of amides is 2. The second kappa shape index (κ2) is 6.88. The van der Waals surface area contributed by atoms with Crippen molar-refractivity contribution in [2.45, 2.75) is 19.4 Å². The standard InChI is InChI=1S/C17H20ClN3O/c18-15-5-7-16(8-6-15)19-17(22)21-11-3-4-14(13-21)12-20-9-1-2-10-20/h1-2,5-10,14H,3-4,11-13H2,(H,19,22)/t14-/m1/s1. The summed E-state index contributed by atoms with van der Waals surface area (Å²) >= 11 is 5.86. The maximum absolute atomic E-state index is 12.4. The minimum atomic E-state index is -0.0282. The van der Waals surface area contributed by atoms with Gasteiger partial charge < -0.3 is 14.8 Å². The molecule has 2 aromatic rings. The fourth-order valence-corrected chi connectivity index (χ4v) is 3.05. The lowest BCUT2D eigenvalue weighted by atomic mass is 9.98. The average Bonchev–Trinajstić information content (AvgIpc) is 3.03. The van der Waals surface area contributed by atoms with E-state index in [4.69, 9.17) is 11.6 Å². The average molecular weight is 318 g/mol. The van der Waals surface area contributed by atoms with E-state index < -0.39 is 0 Å². The van der Waals surface area contributed by atoms with Crippen molar-refractivity contribution in [3.8, 4) is 0 Å². The molecule has 1 saturated heterocycles. The Bertz CT molecular complexity index is 609. The van der Waals surface area contributed by atoms with Gasteiger partial charge >= 0.3 is 6.03 Å². The van der Waals surface area contributed by atoms with Crippen LogP contribution >= 0.6 is 11.6 Å². The molecule has 1 aromatic heterocycles. The number of halogens is 1. The van der Waals surface area contributed by atoms with Gasteiger partial charge in [0.2, 0.25) is 0 Å². The van der Waals surface area contributed by atoms with Gasteiger partial charge in [0.05, 0.1) is 0 Å². The number of nitrogens with one attached hydrogen (secondary N) is 1. The predicted octanol–water partition coefficient (Wildman–Crippen LogP) is 4.09. The van der Waals surface area contributed by atoms with Crippen LogP contribution in [0.5, 0.6) is 0 Å². The molecule has 116 valence electrons. The van der Waals surface area contributed by atoms with E-state index in [9.17, 15) is 4.79 Å². The maximum atomic E-state index is 12.4. The second-order valence-electron chi connectivity index (χ2n) is 5.77. The summed E-state index contributed by atoms with van der Waals surface area (Å²) in [5, 5.41) is 3.61. The zero-order valence-corrected chi connectivity index (χ0v) is 13.2. The smallest absolute Gasteiger partial charge is 0.321 e. The largest absolute Gasteiger partial charge is 0.354 e. The first-order chi connectivity index (χ1) is 10.7. The molecule has 1 fully saturated rings. The predicted molar refractivity (Wildman–Crippen MR) is 89.2 cm³/mol. The maximum Gasteiger partial charge on any atom is 0.321 e. The van der Waals surface area contributed by atoms with Crippen molar-refractivity contribution in [3.05, 3.63) is 53.8 Å². The molecule has 0 unspecified atom stereocenters. The molecule has 0 aliphatic carbocycles. The summed E-state index contributed by atoms with van der Waals surface area (Å²) in [6, 6.07) is 11.2. The van der Waals surface area contributed by atoms with E-state index in [1.165, 1.54) is 6.42 Å². The van der Waals surface area contributed by atoms with Crippen molar-refractivity contribution in [1.29, 1.82) is 0 Å². The molecule has 2 amide bonds. The van der Waals surface area contributed by atoms with Crippen molar-refractivity contribution in [2.24, 2.45) is 5.92 Å². The molecule has 1 N–H and O–H groups in total. The van der Waals surface area contributed by atoms with E-state index in [-0.39, 0.29) is 6.03 Å². The van der Waals surface area contributed by atoms with Gasteiger partial charge in [0, 0.05) is 42.7 Å². The molecule has 1 aliphatic rings. The topological polar surface area (TPSA) is 37.3 Å². The molecule has 1 aliphatic heterocycles. The van der Waals surface area contributed by atoms with E-state index >= 15 is 0 Å². The number of piperidine rings is 1. The summed E-state index contributed by atoms with van der Waals surface area (Å²) in [5.41, 5.74) is 0.780. The fourth-order valence-electron chi connectivity index (χ4n) is 2.92. The molecule has 0 radical (unpaired) electrons. The van der Waals surface area contributed by atoms with Gasteiger partial charge in [-0.2, -0.15) is 0 Å². The molecular weight excluding hydrogens is 298 g/mol. The van der Waals surface area contributed by atoms with E-state index in [2.05, 4.69) is 22.3 Å². The first kappa shape index (κ1) is 15.0. The molecule has 2 heterocycles. The number of carbonyl (C=O) groups excluding carboxylic acids is 1. The van der Waals surface area contributed by atoms with E-state index in [1.54, 1.807) is 12.1 Å². The van der Waals surface area contributed by atoms with Crippen LogP contribution in [0.15, 0.2) is 48.8 Å². The molecule has 0 bridgehead atoms. The number of carbonyl (C=O) groups is 1. The summed E-state index contributed by atoms with van der Waals surface area (Å²) in [6.45, 7) is 2.59. The zero-order chi connectivity index (χ0) is 15.4. The van der Waals surface area contributed by atoms with Gasteiger partial charge in [-0.05, 0) is 55.2 Å². The second-order valence-corrected chi connectivity index (χ2v) is 6.21. The minimum Gasteiger partial charge on any atom is -0.354 e. The van der Waals surface area contributed by atoms with Crippen molar-refractivity contribution in [3.63, 3.8) is 0 Å². The number of aromatic nitrogens is 1.